The molecule has 0 radical (unpaired) electrons. The summed E-state index contributed by atoms with van der Waals surface area (Å²) in [4.78, 5) is 18.9. The normalized spacial score (nSPS) is 18.9. The first-order valence-electron chi connectivity index (χ1n) is 13.1. The first-order valence-corrected chi connectivity index (χ1v) is 13.9. The molecule has 2 aliphatic heterocycles. The van der Waals surface area contributed by atoms with Gasteiger partial charge in [0, 0.05) is 18.5 Å². The standard InChI is InChI=1S/C26H22F6N4O3S.C2H6/c1-14-19-8-15(9-22-23(38)33-24(40-22)35-6-7-39-18(12-35)13-37)2-5-21(19)36(34-14)11-16-3-4-17(25(27,28)29)10-20(16)26(30,31)32;1-2/h2-5,8-10,18,37H,6-7,11-13H2,1H3;1-2H3/b22-9-;. The Bertz CT molecular complexity index is 1530. The van der Waals surface area contributed by atoms with E-state index in [9.17, 15) is 36.2 Å². The Kier molecular flexibility index (Phi) is 9.38. The number of ether oxygens (including phenoxy) is 1. The molecule has 1 saturated heterocycles. The van der Waals surface area contributed by atoms with Gasteiger partial charge in [-0.2, -0.15) is 36.4 Å². The Morgan fingerprint density at radius 1 is 1.10 bits per heavy atom. The smallest absolute Gasteiger partial charge is 0.394 e. The Hall–Kier alpha value is -3.36. The Balaban J connectivity index is 0.00000198. The largest absolute Gasteiger partial charge is 0.416 e. The highest BCUT2D eigenvalue weighted by molar-refractivity contribution is 8.18. The van der Waals surface area contributed by atoms with E-state index in [-0.39, 0.29) is 24.3 Å². The molecule has 0 aliphatic carbocycles. The molecular weight excluding hydrogens is 586 g/mol. The second-order valence-corrected chi connectivity index (χ2v) is 10.3. The fourth-order valence-corrected chi connectivity index (χ4v) is 5.52. The van der Waals surface area contributed by atoms with Crippen molar-refractivity contribution in [2.75, 3.05) is 26.3 Å². The molecule has 2 aromatic carbocycles. The van der Waals surface area contributed by atoms with E-state index in [0.717, 1.165) is 6.07 Å². The molecule has 1 fully saturated rings. The second-order valence-electron chi connectivity index (χ2n) is 9.32. The molecule has 3 heterocycles. The maximum Gasteiger partial charge on any atom is 0.416 e. The number of amidine groups is 1. The highest BCUT2D eigenvalue weighted by Crippen LogP contribution is 2.38. The molecule has 14 heteroatoms. The summed E-state index contributed by atoms with van der Waals surface area (Å²) in [7, 11) is 0. The van der Waals surface area contributed by atoms with E-state index in [0.29, 0.717) is 58.0 Å². The number of aliphatic imine (C=N–C) groups is 1. The van der Waals surface area contributed by atoms with Crippen LogP contribution in [0.4, 0.5) is 26.3 Å². The molecule has 226 valence electrons. The van der Waals surface area contributed by atoms with Crippen LogP contribution in [-0.4, -0.2) is 63.3 Å². The summed E-state index contributed by atoms with van der Waals surface area (Å²) in [5, 5.41) is 14.8. The van der Waals surface area contributed by atoms with Crippen molar-refractivity contribution in [2.45, 2.75) is 45.8 Å². The number of thioether (sulfide) groups is 1. The zero-order valence-electron chi connectivity index (χ0n) is 22.9. The number of morpholine rings is 1. The first kappa shape index (κ1) is 31.6. The van der Waals surface area contributed by atoms with Crippen molar-refractivity contribution < 1.29 is 41.0 Å². The number of rotatable bonds is 4. The van der Waals surface area contributed by atoms with Crippen molar-refractivity contribution in [3.63, 3.8) is 0 Å². The Labute approximate surface area is 241 Å². The van der Waals surface area contributed by atoms with E-state index in [1.165, 1.54) is 16.4 Å². The van der Waals surface area contributed by atoms with E-state index in [4.69, 9.17) is 4.74 Å². The van der Waals surface area contributed by atoms with Crippen molar-refractivity contribution >= 4 is 39.8 Å². The van der Waals surface area contributed by atoms with Crippen LogP contribution in [0.15, 0.2) is 46.3 Å². The number of carbonyl (C=O) groups excluding carboxylic acids is 1. The van der Waals surface area contributed by atoms with Crippen LogP contribution in [0.1, 0.15) is 41.8 Å². The molecule has 1 aromatic heterocycles. The average Bonchev–Trinajstić information content (AvgIpc) is 3.47. The first-order chi connectivity index (χ1) is 19.8. The molecule has 1 N–H and O–H groups in total. The van der Waals surface area contributed by atoms with Gasteiger partial charge in [0.2, 0.25) is 0 Å². The minimum absolute atomic E-state index is 0.117. The number of fused-ring (bicyclic) bond motifs is 1. The van der Waals surface area contributed by atoms with Gasteiger partial charge in [-0.15, -0.1) is 0 Å². The van der Waals surface area contributed by atoms with Crippen molar-refractivity contribution in [3.05, 3.63) is 69.3 Å². The van der Waals surface area contributed by atoms with Crippen molar-refractivity contribution in [1.82, 2.24) is 14.7 Å². The van der Waals surface area contributed by atoms with Crippen molar-refractivity contribution in [2.24, 2.45) is 4.99 Å². The van der Waals surface area contributed by atoms with Gasteiger partial charge >= 0.3 is 12.4 Å². The van der Waals surface area contributed by atoms with Crippen LogP contribution in [0, 0.1) is 6.92 Å². The van der Waals surface area contributed by atoms with E-state index in [2.05, 4.69) is 10.1 Å². The molecule has 0 saturated carbocycles. The molecule has 1 unspecified atom stereocenters. The van der Waals surface area contributed by atoms with Crippen LogP contribution in [0.2, 0.25) is 0 Å². The molecule has 42 heavy (non-hydrogen) atoms. The molecule has 1 amide bonds. The number of amides is 1. The zero-order chi connectivity index (χ0) is 30.8. The number of aliphatic hydroxyl groups is 1. The number of carbonyl (C=O) groups is 1. The van der Waals surface area contributed by atoms with Gasteiger partial charge in [-0.25, -0.2) is 0 Å². The Morgan fingerprint density at radius 3 is 2.50 bits per heavy atom. The maximum atomic E-state index is 13.6. The summed E-state index contributed by atoms with van der Waals surface area (Å²) in [6.45, 7) is 6.46. The van der Waals surface area contributed by atoms with Gasteiger partial charge in [-0.05, 0) is 60.2 Å². The lowest BCUT2D eigenvalue weighted by Gasteiger charge is -2.32. The summed E-state index contributed by atoms with van der Waals surface area (Å²) >= 11 is 1.20. The number of aryl methyl sites for hydroxylation is 1. The lowest BCUT2D eigenvalue weighted by Crippen LogP contribution is -2.45. The third kappa shape index (κ3) is 6.81. The summed E-state index contributed by atoms with van der Waals surface area (Å²) in [5.74, 6) is -0.415. The number of benzene rings is 2. The Morgan fingerprint density at radius 2 is 1.83 bits per heavy atom. The van der Waals surface area contributed by atoms with Crippen molar-refractivity contribution in [3.8, 4) is 0 Å². The monoisotopic (exact) mass is 614 g/mol. The number of alkyl halides is 6. The molecule has 0 bridgehead atoms. The predicted molar refractivity (Wildman–Crippen MR) is 148 cm³/mol. The quantitative estimate of drug-likeness (QED) is 0.282. The van der Waals surface area contributed by atoms with E-state index < -0.39 is 35.9 Å². The number of hydrogen-bond donors (Lipinski definition) is 1. The van der Waals surface area contributed by atoms with Gasteiger partial charge in [0.1, 0.15) is 0 Å². The third-order valence-corrected chi connectivity index (χ3v) is 7.59. The van der Waals surface area contributed by atoms with E-state index in [1.807, 2.05) is 18.7 Å². The van der Waals surface area contributed by atoms with Gasteiger partial charge < -0.3 is 14.7 Å². The van der Waals surface area contributed by atoms with Crippen LogP contribution >= 0.6 is 11.8 Å². The summed E-state index contributed by atoms with van der Waals surface area (Å²) in [6, 6.07) is 6.62. The van der Waals surface area contributed by atoms with E-state index >= 15 is 0 Å². The van der Waals surface area contributed by atoms with Crippen LogP contribution in [0.3, 0.4) is 0 Å². The molecule has 3 aromatic rings. The zero-order valence-corrected chi connectivity index (χ0v) is 23.7. The second kappa shape index (κ2) is 12.5. The summed E-state index contributed by atoms with van der Waals surface area (Å²) in [6.07, 6.45) is -8.60. The average molecular weight is 615 g/mol. The minimum atomic E-state index is -4.99. The summed E-state index contributed by atoms with van der Waals surface area (Å²) < 4.78 is 86.8. The van der Waals surface area contributed by atoms with Gasteiger partial charge in [-0.1, -0.05) is 26.0 Å². The number of hydrogen-bond acceptors (Lipinski definition) is 6. The van der Waals surface area contributed by atoms with Gasteiger partial charge in [-0.3, -0.25) is 9.48 Å². The SMILES string of the molecule is CC.Cc1nn(Cc2ccc(C(F)(F)F)cc2C(F)(F)F)c2ccc(/C=C3\SC(N4CCOC(CO)C4)=NC3=O)cc12. The van der Waals surface area contributed by atoms with Gasteiger partial charge in [0.05, 0.1) is 53.1 Å². The third-order valence-electron chi connectivity index (χ3n) is 6.54. The minimum Gasteiger partial charge on any atom is -0.394 e. The number of nitrogens with zero attached hydrogens (tertiary/aromatic N) is 4. The number of halogens is 6. The van der Waals surface area contributed by atoms with Gasteiger partial charge in [0.25, 0.3) is 5.91 Å². The fraction of sp³-hybridized carbons (Fsp3) is 0.393. The molecule has 1 atom stereocenters. The maximum absolute atomic E-state index is 13.6. The topological polar surface area (TPSA) is 80.0 Å². The molecule has 0 spiro atoms. The molecule has 2 aliphatic rings. The number of aliphatic hydroxyl groups excluding tert-OH is 1. The highest BCUT2D eigenvalue weighted by atomic mass is 32.2. The molecular formula is C28H28F6N4O3S. The van der Waals surface area contributed by atoms with Crippen LogP contribution in [0.5, 0.6) is 0 Å². The fourth-order valence-electron chi connectivity index (χ4n) is 4.57. The molecule has 5 rings (SSSR count). The van der Waals surface area contributed by atoms with E-state index in [1.54, 1.807) is 31.2 Å². The van der Waals surface area contributed by atoms with Crippen LogP contribution in [0.25, 0.3) is 17.0 Å². The van der Waals surface area contributed by atoms with Crippen molar-refractivity contribution in [1.29, 1.82) is 0 Å². The predicted octanol–water partition coefficient (Wildman–Crippen LogP) is 6.12. The summed E-state index contributed by atoms with van der Waals surface area (Å²) in [5.41, 5.74) is -1.47. The number of aromatic nitrogens is 2. The lowest BCUT2D eigenvalue weighted by molar-refractivity contribution is -0.143. The lowest BCUT2D eigenvalue weighted by atomic mass is 10.0. The van der Waals surface area contributed by atoms with Gasteiger partial charge in [0.15, 0.2) is 5.17 Å². The highest BCUT2D eigenvalue weighted by Gasteiger charge is 2.38. The van der Waals surface area contributed by atoms with Crippen LogP contribution < -0.4 is 0 Å². The molecule has 7 nitrogen and oxygen atoms in total. The van der Waals surface area contributed by atoms with Crippen LogP contribution in [-0.2, 0) is 28.4 Å².